The van der Waals surface area contributed by atoms with E-state index in [0.29, 0.717) is 19.3 Å². The summed E-state index contributed by atoms with van der Waals surface area (Å²) in [5.41, 5.74) is 1.01. The molecule has 0 radical (unpaired) electrons. The molecule has 0 amide bonds. The van der Waals surface area contributed by atoms with E-state index in [0.717, 1.165) is 24.5 Å². The van der Waals surface area contributed by atoms with Crippen LogP contribution in [0.5, 0.6) is 0 Å². The molecule has 0 aliphatic carbocycles. The van der Waals surface area contributed by atoms with Gasteiger partial charge in [0.25, 0.3) is 0 Å². The van der Waals surface area contributed by atoms with Crippen molar-refractivity contribution in [2.75, 3.05) is 6.61 Å². The summed E-state index contributed by atoms with van der Waals surface area (Å²) < 4.78 is 2.09. The molecule has 2 heterocycles. The number of carboxylic acid groups (broad SMARTS) is 1. The molecule has 1 atom stereocenters. The average molecular weight is 224 g/mol. The van der Waals surface area contributed by atoms with Gasteiger partial charge < -0.3 is 14.8 Å². The van der Waals surface area contributed by atoms with Crippen molar-refractivity contribution in [2.45, 2.75) is 32.2 Å². The highest BCUT2D eigenvalue weighted by atomic mass is 16.4. The maximum atomic E-state index is 10.9. The third-order valence-electron chi connectivity index (χ3n) is 3.09. The first-order valence-electron chi connectivity index (χ1n) is 5.59. The Morgan fingerprint density at radius 3 is 3.12 bits per heavy atom. The first-order chi connectivity index (χ1) is 7.72. The normalized spacial score (nSPS) is 19.4. The Labute approximate surface area is 93.7 Å². The smallest absolute Gasteiger partial charge is 0.306 e. The summed E-state index contributed by atoms with van der Waals surface area (Å²) in [6, 6.07) is 0. The third kappa shape index (κ3) is 2.09. The van der Waals surface area contributed by atoms with E-state index < -0.39 is 5.97 Å². The molecule has 0 bridgehead atoms. The van der Waals surface area contributed by atoms with E-state index in [1.165, 1.54) is 0 Å². The van der Waals surface area contributed by atoms with Gasteiger partial charge in [0, 0.05) is 37.9 Å². The fourth-order valence-corrected chi connectivity index (χ4v) is 2.18. The molecule has 1 unspecified atom stereocenters. The van der Waals surface area contributed by atoms with Crippen LogP contribution < -0.4 is 0 Å². The van der Waals surface area contributed by atoms with Crippen LogP contribution in [0.3, 0.4) is 0 Å². The molecule has 0 spiro atoms. The lowest BCUT2D eigenvalue weighted by Crippen LogP contribution is -2.26. The minimum Gasteiger partial charge on any atom is -0.481 e. The summed E-state index contributed by atoms with van der Waals surface area (Å²) in [6.07, 6.45) is 4.47. The van der Waals surface area contributed by atoms with Gasteiger partial charge >= 0.3 is 5.97 Å². The number of hydrogen-bond acceptors (Lipinski definition) is 3. The standard InChI is InChI=1S/C11H16N2O3/c14-5-1-2-10-12-7-9-6-8(11(15)16)3-4-13(9)10/h7-8,14H,1-6H2,(H,15,16). The molecular formula is C11H16N2O3. The van der Waals surface area contributed by atoms with Gasteiger partial charge in [0.15, 0.2) is 0 Å². The molecule has 1 aliphatic heterocycles. The quantitative estimate of drug-likeness (QED) is 0.778. The zero-order chi connectivity index (χ0) is 11.5. The van der Waals surface area contributed by atoms with Crippen molar-refractivity contribution in [3.63, 3.8) is 0 Å². The Balaban J connectivity index is 2.10. The van der Waals surface area contributed by atoms with Crippen molar-refractivity contribution >= 4 is 5.97 Å². The van der Waals surface area contributed by atoms with E-state index in [4.69, 9.17) is 10.2 Å². The fraction of sp³-hybridized carbons (Fsp3) is 0.636. The van der Waals surface area contributed by atoms with E-state index in [1.54, 1.807) is 6.20 Å². The van der Waals surface area contributed by atoms with Gasteiger partial charge in [-0.15, -0.1) is 0 Å². The summed E-state index contributed by atoms with van der Waals surface area (Å²) in [4.78, 5) is 15.2. The van der Waals surface area contributed by atoms with Crippen LogP contribution in [0.1, 0.15) is 24.4 Å². The second-order valence-electron chi connectivity index (χ2n) is 4.17. The Morgan fingerprint density at radius 1 is 1.62 bits per heavy atom. The number of carboxylic acids is 1. The maximum absolute atomic E-state index is 10.9. The lowest BCUT2D eigenvalue weighted by molar-refractivity contribution is -0.142. The highest BCUT2D eigenvalue weighted by Gasteiger charge is 2.25. The summed E-state index contributed by atoms with van der Waals surface area (Å²) in [7, 11) is 0. The number of rotatable bonds is 4. The molecule has 2 rings (SSSR count). The van der Waals surface area contributed by atoms with Gasteiger partial charge in [0.1, 0.15) is 5.82 Å². The maximum Gasteiger partial charge on any atom is 0.306 e. The molecule has 5 heteroatoms. The van der Waals surface area contributed by atoms with Crippen LogP contribution in [-0.2, 0) is 24.2 Å². The number of fused-ring (bicyclic) bond motifs is 1. The Hall–Kier alpha value is -1.36. The fourth-order valence-electron chi connectivity index (χ4n) is 2.18. The monoisotopic (exact) mass is 224 g/mol. The SMILES string of the molecule is O=C(O)C1CCn2c(cnc2CCCO)C1. The van der Waals surface area contributed by atoms with Crippen LogP contribution in [0.15, 0.2) is 6.20 Å². The Bertz CT molecular complexity index is 387. The molecule has 1 aliphatic rings. The van der Waals surface area contributed by atoms with E-state index in [1.807, 2.05) is 0 Å². The van der Waals surface area contributed by atoms with Gasteiger partial charge in [0.2, 0.25) is 0 Å². The summed E-state index contributed by atoms with van der Waals surface area (Å²) >= 11 is 0. The molecule has 0 saturated heterocycles. The number of aryl methyl sites for hydroxylation is 1. The number of hydrogen-bond donors (Lipinski definition) is 2. The first-order valence-corrected chi connectivity index (χ1v) is 5.59. The van der Waals surface area contributed by atoms with Crippen LogP contribution in [-0.4, -0.2) is 32.3 Å². The van der Waals surface area contributed by atoms with Crippen LogP contribution in [0.4, 0.5) is 0 Å². The van der Waals surface area contributed by atoms with Crippen molar-refractivity contribution in [2.24, 2.45) is 5.92 Å². The van der Waals surface area contributed by atoms with Gasteiger partial charge in [0.05, 0.1) is 5.92 Å². The summed E-state index contributed by atoms with van der Waals surface area (Å²) in [6.45, 7) is 0.896. The molecule has 16 heavy (non-hydrogen) atoms. The van der Waals surface area contributed by atoms with E-state index in [2.05, 4.69) is 9.55 Å². The zero-order valence-corrected chi connectivity index (χ0v) is 9.09. The summed E-state index contributed by atoms with van der Waals surface area (Å²) in [5, 5.41) is 17.7. The average Bonchev–Trinajstić information content (AvgIpc) is 2.68. The highest BCUT2D eigenvalue weighted by Crippen LogP contribution is 2.22. The number of nitrogens with zero attached hydrogens (tertiary/aromatic N) is 2. The van der Waals surface area contributed by atoms with Crippen LogP contribution in [0.2, 0.25) is 0 Å². The second kappa shape index (κ2) is 4.65. The van der Waals surface area contributed by atoms with E-state index >= 15 is 0 Å². The van der Waals surface area contributed by atoms with Gasteiger partial charge in [-0.25, -0.2) is 4.98 Å². The molecule has 1 aromatic rings. The second-order valence-corrected chi connectivity index (χ2v) is 4.17. The van der Waals surface area contributed by atoms with Gasteiger partial charge in [-0.2, -0.15) is 0 Å². The first kappa shape index (κ1) is 11.1. The molecule has 0 saturated carbocycles. The number of carbonyl (C=O) groups is 1. The minimum atomic E-state index is -0.718. The Kier molecular flexibility index (Phi) is 3.24. The number of imidazole rings is 1. The van der Waals surface area contributed by atoms with Gasteiger partial charge in [-0.1, -0.05) is 0 Å². The lowest BCUT2D eigenvalue weighted by Gasteiger charge is -2.21. The lowest BCUT2D eigenvalue weighted by atomic mass is 9.96. The van der Waals surface area contributed by atoms with Crippen LogP contribution >= 0.6 is 0 Å². The minimum absolute atomic E-state index is 0.167. The van der Waals surface area contributed by atoms with Crippen LogP contribution in [0, 0.1) is 5.92 Å². The number of aliphatic hydroxyl groups is 1. The topological polar surface area (TPSA) is 75.3 Å². The molecule has 88 valence electrons. The van der Waals surface area contributed by atoms with Crippen molar-refractivity contribution in [3.05, 3.63) is 17.7 Å². The largest absolute Gasteiger partial charge is 0.481 e. The number of aliphatic hydroxyl groups excluding tert-OH is 1. The van der Waals surface area contributed by atoms with E-state index in [-0.39, 0.29) is 12.5 Å². The molecule has 1 aromatic heterocycles. The number of aliphatic carboxylic acids is 1. The van der Waals surface area contributed by atoms with Crippen molar-refractivity contribution in [3.8, 4) is 0 Å². The third-order valence-corrected chi connectivity index (χ3v) is 3.09. The predicted octanol–water partition coefficient (Wildman–Crippen LogP) is 0.455. The molecule has 0 aromatic carbocycles. The highest BCUT2D eigenvalue weighted by molar-refractivity contribution is 5.70. The number of aromatic nitrogens is 2. The van der Waals surface area contributed by atoms with Crippen LogP contribution in [0.25, 0.3) is 0 Å². The Morgan fingerprint density at radius 2 is 2.44 bits per heavy atom. The molecule has 5 nitrogen and oxygen atoms in total. The van der Waals surface area contributed by atoms with Crippen molar-refractivity contribution in [1.82, 2.24) is 9.55 Å². The molecular weight excluding hydrogens is 208 g/mol. The molecule has 2 N–H and O–H groups in total. The van der Waals surface area contributed by atoms with Gasteiger partial charge in [-0.05, 0) is 12.8 Å². The van der Waals surface area contributed by atoms with Crippen molar-refractivity contribution < 1.29 is 15.0 Å². The van der Waals surface area contributed by atoms with Crippen molar-refractivity contribution in [1.29, 1.82) is 0 Å². The zero-order valence-electron chi connectivity index (χ0n) is 9.09. The molecule has 0 fully saturated rings. The summed E-state index contributed by atoms with van der Waals surface area (Å²) in [5.74, 6) is -0.0212. The van der Waals surface area contributed by atoms with E-state index in [9.17, 15) is 4.79 Å². The van der Waals surface area contributed by atoms with Gasteiger partial charge in [-0.3, -0.25) is 4.79 Å². The predicted molar refractivity (Wildman–Crippen MR) is 57.1 cm³/mol.